The summed E-state index contributed by atoms with van der Waals surface area (Å²) in [6.45, 7) is 0. The maximum atomic E-state index is 11.7. The first-order valence-corrected chi connectivity index (χ1v) is 8.67. The molecule has 1 aliphatic heterocycles. The second-order valence-electron chi connectivity index (χ2n) is 5.96. The Morgan fingerprint density at radius 2 is 2.15 bits per heavy atom. The standard InChI is InChI=1S/C15H17NO3S/c16-9-15(6-7-20(18,19)10-15)14(17)13-3-1-2-12(8-13)11-4-5-11/h1-3,8,11,14,17H,4-7,10H2. The van der Waals surface area contributed by atoms with E-state index in [1.165, 1.54) is 5.56 Å². The summed E-state index contributed by atoms with van der Waals surface area (Å²) >= 11 is 0. The van der Waals surface area contributed by atoms with Crippen LogP contribution in [0, 0.1) is 16.7 Å². The summed E-state index contributed by atoms with van der Waals surface area (Å²) in [4.78, 5) is 0. The number of nitriles is 1. The van der Waals surface area contributed by atoms with Gasteiger partial charge in [0.1, 0.15) is 5.41 Å². The van der Waals surface area contributed by atoms with E-state index in [-0.39, 0.29) is 17.9 Å². The molecular weight excluding hydrogens is 274 g/mol. The van der Waals surface area contributed by atoms with Crippen LogP contribution in [0.2, 0.25) is 0 Å². The normalized spacial score (nSPS) is 29.8. The van der Waals surface area contributed by atoms with Crippen LogP contribution in [0.15, 0.2) is 24.3 Å². The lowest BCUT2D eigenvalue weighted by Gasteiger charge is -2.26. The van der Waals surface area contributed by atoms with Gasteiger partial charge in [-0.15, -0.1) is 0 Å². The minimum atomic E-state index is -3.22. The molecule has 0 radical (unpaired) electrons. The quantitative estimate of drug-likeness (QED) is 0.923. The molecule has 0 bridgehead atoms. The number of rotatable bonds is 3. The highest BCUT2D eigenvalue weighted by Gasteiger charge is 2.48. The lowest BCUT2D eigenvalue weighted by molar-refractivity contribution is 0.0792. The number of nitrogens with zero attached hydrogens (tertiary/aromatic N) is 1. The molecule has 0 amide bonds. The van der Waals surface area contributed by atoms with Gasteiger partial charge in [0.2, 0.25) is 0 Å². The van der Waals surface area contributed by atoms with Crippen molar-refractivity contribution in [1.29, 1.82) is 5.26 Å². The molecule has 20 heavy (non-hydrogen) atoms. The third-order valence-electron chi connectivity index (χ3n) is 4.36. The fourth-order valence-corrected chi connectivity index (χ4v) is 4.93. The predicted octanol–water partition coefficient (Wildman–Crippen LogP) is 1.93. The zero-order chi connectivity index (χ0) is 14.4. The Kier molecular flexibility index (Phi) is 3.11. The Morgan fingerprint density at radius 3 is 2.70 bits per heavy atom. The van der Waals surface area contributed by atoms with Crippen molar-refractivity contribution >= 4 is 9.84 Å². The number of sulfone groups is 1. The van der Waals surface area contributed by atoms with Crippen LogP contribution in [0.5, 0.6) is 0 Å². The van der Waals surface area contributed by atoms with Crippen LogP contribution in [0.3, 0.4) is 0 Å². The number of aliphatic hydroxyl groups excluding tert-OH is 1. The molecule has 2 unspecified atom stereocenters. The molecule has 3 rings (SSSR count). The number of benzene rings is 1. The molecule has 2 fully saturated rings. The van der Waals surface area contributed by atoms with Crippen molar-refractivity contribution in [3.05, 3.63) is 35.4 Å². The molecule has 1 saturated carbocycles. The van der Waals surface area contributed by atoms with Gasteiger partial charge in [-0.3, -0.25) is 0 Å². The van der Waals surface area contributed by atoms with Gasteiger partial charge in [0.15, 0.2) is 9.84 Å². The van der Waals surface area contributed by atoms with Gasteiger partial charge in [0, 0.05) is 0 Å². The van der Waals surface area contributed by atoms with Gasteiger partial charge in [-0.25, -0.2) is 8.42 Å². The molecule has 1 heterocycles. The van der Waals surface area contributed by atoms with Crippen LogP contribution in [0.4, 0.5) is 0 Å². The van der Waals surface area contributed by atoms with E-state index < -0.39 is 21.4 Å². The molecule has 2 aliphatic rings. The van der Waals surface area contributed by atoms with Crippen molar-refractivity contribution in [2.75, 3.05) is 11.5 Å². The molecular formula is C15H17NO3S. The highest BCUT2D eigenvalue weighted by atomic mass is 32.2. The zero-order valence-corrected chi connectivity index (χ0v) is 11.9. The van der Waals surface area contributed by atoms with E-state index in [1.54, 1.807) is 6.07 Å². The first-order valence-electron chi connectivity index (χ1n) is 6.85. The van der Waals surface area contributed by atoms with Gasteiger partial charge in [-0.05, 0) is 36.3 Å². The van der Waals surface area contributed by atoms with Gasteiger partial charge < -0.3 is 5.11 Å². The van der Waals surface area contributed by atoms with E-state index in [4.69, 9.17) is 0 Å². The van der Waals surface area contributed by atoms with Gasteiger partial charge in [-0.1, -0.05) is 24.3 Å². The largest absolute Gasteiger partial charge is 0.387 e. The highest BCUT2D eigenvalue weighted by molar-refractivity contribution is 7.91. The summed E-state index contributed by atoms with van der Waals surface area (Å²) in [6.07, 6.45) is 1.50. The van der Waals surface area contributed by atoms with Crippen molar-refractivity contribution in [3.8, 4) is 6.07 Å². The van der Waals surface area contributed by atoms with Gasteiger partial charge >= 0.3 is 0 Å². The summed E-state index contributed by atoms with van der Waals surface area (Å²) in [5.41, 5.74) is 0.643. The topological polar surface area (TPSA) is 78.2 Å². The smallest absolute Gasteiger partial charge is 0.152 e. The van der Waals surface area contributed by atoms with Crippen molar-refractivity contribution in [2.45, 2.75) is 31.3 Å². The van der Waals surface area contributed by atoms with Crippen LogP contribution in [-0.2, 0) is 9.84 Å². The van der Waals surface area contributed by atoms with E-state index in [9.17, 15) is 18.8 Å². The molecule has 5 heteroatoms. The molecule has 4 nitrogen and oxygen atoms in total. The number of aliphatic hydroxyl groups is 1. The summed E-state index contributed by atoms with van der Waals surface area (Å²) < 4.78 is 23.3. The molecule has 0 spiro atoms. The first-order chi connectivity index (χ1) is 9.46. The average Bonchev–Trinajstić information content (AvgIpc) is 3.23. The Balaban J connectivity index is 1.93. The Hall–Kier alpha value is -1.38. The highest BCUT2D eigenvalue weighted by Crippen LogP contribution is 2.45. The van der Waals surface area contributed by atoms with Crippen molar-refractivity contribution in [1.82, 2.24) is 0 Å². The van der Waals surface area contributed by atoms with E-state index in [0.29, 0.717) is 11.5 Å². The second kappa shape index (κ2) is 4.57. The van der Waals surface area contributed by atoms with Crippen molar-refractivity contribution < 1.29 is 13.5 Å². The Bertz CT molecular complexity index is 673. The molecule has 1 aromatic carbocycles. The van der Waals surface area contributed by atoms with Gasteiger partial charge in [-0.2, -0.15) is 5.26 Å². The van der Waals surface area contributed by atoms with E-state index >= 15 is 0 Å². The molecule has 1 N–H and O–H groups in total. The van der Waals surface area contributed by atoms with Crippen molar-refractivity contribution in [3.63, 3.8) is 0 Å². The van der Waals surface area contributed by atoms with Crippen LogP contribution in [0.25, 0.3) is 0 Å². The minimum Gasteiger partial charge on any atom is -0.387 e. The van der Waals surface area contributed by atoms with E-state index in [1.807, 2.05) is 18.2 Å². The van der Waals surface area contributed by atoms with E-state index in [0.717, 1.165) is 12.8 Å². The Morgan fingerprint density at radius 1 is 1.40 bits per heavy atom. The van der Waals surface area contributed by atoms with Crippen LogP contribution in [0.1, 0.15) is 42.4 Å². The predicted molar refractivity (Wildman–Crippen MR) is 74.7 cm³/mol. The third kappa shape index (κ3) is 2.34. The molecule has 1 saturated heterocycles. The summed E-state index contributed by atoms with van der Waals surface area (Å²) in [5.74, 6) is 0.304. The lowest BCUT2D eigenvalue weighted by Crippen LogP contribution is -2.28. The monoisotopic (exact) mass is 291 g/mol. The van der Waals surface area contributed by atoms with Crippen molar-refractivity contribution in [2.24, 2.45) is 5.41 Å². The Labute approximate surface area is 119 Å². The average molecular weight is 291 g/mol. The number of hydrogen-bond acceptors (Lipinski definition) is 4. The van der Waals surface area contributed by atoms with E-state index in [2.05, 4.69) is 6.07 Å². The molecule has 106 valence electrons. The number of hydrogen-bond donors (Lipinski definition) is 1. The summed E-state index contributed by atoms with van der Waals surface area (Å²) in [7, 11) is -3.22. The maximum Gasteiger partial charge on any atom is 0.152 e. The van der Waals surface area contributed by atoms with Crippen LogP contribution < -0.4 is 0 Å². The lowest BCUT2D eigenvalue weighted by atomic mass is 9.79. The second-order valence-corrected chi connectivity index (χ2v) is 8.14. The van der Waals surface area contributed by atoms with Crippen LogP contribution in [-0.4, -0.2) is 25.0 Å². The SMILES string of the molecule is N#CC1(C(O)c2cccc(C3CC3)c2)CCS(=O)(=O)C1. The zero-order valence-electron chi connectivity index (χ0n) is 11.1. The third-order valence-corrected chi connectivity index (χ3v) is 6.14. The fraction of sp³-hybridized carbons (Fsp3) is 0.533. The first kappa shape index (κ1) is 13.6. The molecule has 2 atom stereocenters. The fourth-order valence-electron chi connectivity index (χ4n) is 2.96. The molecule has 0 aromatic heterocycles. The minimum absolute atomic E-state index is 0.0140. The molecule has 1 aromatic rings. The van der Waals surface area contributed by atoms with Crippen LogP contribution >= 0.6 is 0 Å². The van der Waals surface area contributed by atoms with Gasteiger partial charge in [0.05, 0.1) is 23.7 Å². The molecule has 1 aliphatic carbocycles. The maximum absolute atomic E-state index is 11.7. The van der Waals surface area contributed by atoms with Gasteiger partial charge in [0.25, 0.3) is 0 Å². The summed E-state index contributed by atoms with van der Waals surface area (Å²) in [6, 6.07) is 9.67. The summed E-state index contributed by atoms with van der Waals surface area (Å²) in [5, 5.41) is 19.9.